The summed E-state index contributed by atoms with van der Waals surface area (Å²) in [6.45, 7) is 0.862. The van der Waals surface area contributed by atoms with E-state index in [0.717, 1.165) is 23.3 Å². The maximum Gasteiger partial charge on any atom is 0.282 e. The second kappa shape index (κ2) is 6.67. The van der Waals surface area contributed by atoms with Crippen molar-refractivity contribution in [3.63, 3.8) is 0 Å². The zero-order valence-corrected chi connectivity index (χ0v) is 14.7. The van der Waals surface area contributed by atoms with Crippen LogP contribution in [0.15, 0.2) is 83.6 Å². The van der Waals surface area contributed by atoms with E-state index in [2.05, 4.69) is 55.4 Å². The number of likely N-dealkylation sites (N-methyl/N-ethyl adjacent to an activating group) is 1. The lowest BCUT2D eigenvalue weighted by atomic mass is 10.3. The first kappa shape index (κ1) is 15.9. The van der Waals surface area contributed by atoms with Gasteiger partial charge in [0.15, 0.2) is 0 Å². The molecule has 0 aliphatic heterocycles. The van der Waals surface area contributed by atoms with Crippen LogP contribution < -0.4 is 10.4 Å². The molecule has 2 aromatic carbocycles. The Bertz CT molecular complexity index is 680. The fourth-order valence-electron chi connectivity index (χ4n) is 3.29. The Morgan fingerprint density at radius 3 is 1.91 bits per heavy atom. The van der Waals surface area contributed by atoms with Crippen molar-refractivity contribution in [1.82, 2.24) is 4.90 Å². The normalized spacial score (nSPS) is 14.8. The van der Waals surface area contributed by atoms with Gasteiger partial charge in [0, 0.05) is 6.54 Å². The number of rotatable bonds is 5. The van der Waals surface area contributed by atoms with Crippen LogP contribution in [-0.2, 0) is 0 Å². The van der Waals surface area contributed by atoms with E-state index in [0.29, 0.717) is 0 Å². The number of hydrogen-bond donors (Lipinski definition) is 1. The molecule has 118 valence electrons. The van der Waals surface area contributed by atoms with Gasteiger partial charge in [-0.1, -0.05) is 72.8 Å². The molecule has 0 radical (unpaired) electrons. The summed E-state index contributed by atoms with van der Waals surface area (Å²) in [6.07, 6.45) is 5.20. The summed E-state index contributed by atoms with van der Waals surface area (Å²) in [5.41, 5.74) is 1.26. The van der Waals surface area contributed by atoms with Crippen molar-refractivity contribution in [1.29, 1.82) is 0 Å². The van der Waals surface area contributed by atoms with Crippen LogP contribution in [0.2, 0.25) is 0 Å². The van der Waals surface area contributed by atoms with Crippen LogP contribution in [0.5, 0.6) is 0 Å². The van der Waals surface area contributed by atoms with E-state index >= 15 is 0 Å². The fraction of sp³-hybridized carbons (Fsp3) is 0.200. The first-order valence-corrected chi connectivity index (χ1v) is 9.94. The molecule has 0 spiro atoms. The Balaban J connectivity index is 2.18. The largest absolute Gasteiger partial charge is 0.421 e. The predicted octanol–water partition coefficient (Wildman–Crippen LogP) is 2.10. The van der Waals surface area contributed by atoms with Crippen molar-refractivity contribution >= 4 is 18.7 Å². The third kappa shape index (κ3) is 3.08. The van der Waals surface area contributed by atoms with Gasteiger partial charge in [-0.05, 0) is 41.7 Å². The molecule has 0 unspecified atom stereocenters. The van der Waals surface area contributed by atoms with Crippen molar-refractivity contribution in [3.05, 3.63) is 83.6 Å². The highest BCUT2D eigenvalue weighted by Crippen LogP contribution is 2.27. The lowest BCUT2D eigenvalue weighted by Gasteiger charge is -2.30. The molecule has 0 atom stereocenters. The summed E-state index contributed by atoms with van der Waals surface area (Å²) in [5.74, 6) is 0. The number of allylic oxidation sites excluding steroid dienone is 2. The second-order valence-electron chi connectivity index (χ2n) is 6.29. The molecule has 0 saturated carbocycles. The van der Waals surface area contributed by atoms with Crippen LogP contribution >= 0.6 is 0 Å². The van der Waals surface area contributed by atoms with Gasteiger partial charge >= 0.3 is 0 Å². The lowest BCUT2D eigenvalue weighted by Crippen LogP contribution is -2.60. The minimum absolute atomic E-state index is 0.843. The van der Waals surface area contributed by atoms with Crippen molar-refractivity contribution in [2.75, 3.05) is 20.6 Å². The van der Waals surface area contributed by atoms with Gasteiger partial charge < -0.3 is 9.70 Å². The van der Waals surface area contributed by atoms with E-state index < -0.39 is 8.32 Å². The van der Waals surface area contributed by atoms with E-state index in [1.54, 1.807) is 0 Å². The van der Waals surface area contributed by atoms with Crippen LogP contribution in [-0.4, -0.2) is 38.7 Å². The highest BCUT2D eigenvalue weighted by molar-refractivity contribution is 7.02. The molecule has 0 saturated heterocycles. The van der Waals surface area contributed by atoms with Crippen molar-refractivity contribution in [3.8, 4) is 0 Å². The first-order valence-electron chi connectivity index (χ1n) is 7.99. The minimum Gasteiger partial charge on any atom is -0.421 e. The zero-order valence-electron chi connectivity index (χ0n) is 13.7. The molecule has 1 N–H and O–H groups in total. The molecule has 0 aromatic heterocycles. The summed E-state index contributed by atoms with van der Waals surface area (Å²) in [7, 11) is 1.24. The molecule has 23 heavy (non-hydrogen) atoms. The molecule has 0 fully saturated rings. The van der Waals surface area contributed by atoms with Crippen molar-refractivity contribution < 1.29 is 4.80 Å². The Morgan fingerprint density at radius 1 is 0.913 bits per heavy atom. The van der Waals surface area contributed by atoms with E-state index in [9.17, 15) is 4.80 Å². The van der Waals surface area contributed by atoms with Crippen LogP contribution in [0, 0.1) is 0 Å². The summed E-state index contributed by atoms with van der Waals surface area (Å²) in [6, 6.07) is 20.4. The average Bonchev–Trinajstić information content (AvgIpc) is 3.03. The van der Waals surface area contributed by atoms with Gasteiger partial charge in [-0.25, -0.2) is 0 Å². The Labute approximate surface area is 139 Å². The minimum atomic E-state index is -2.91. The van der Waals surface area contributed by atoms with Gasteiger partial charge in [0.25, 0.3) is 8.32 Å². The smallest absolute Gasteiger partial charge is 0.282 e. The van der Waals surface area contributed by atoms with Crippen LogP contribution in [0.4, 0.5) is 0 Å². The van der Waals surface area contributed by atoms with Crippen molar-refractivity contribution in [2.24, 2.45) is 0 Å². The van der Waals surface area contributed by atoms with Gasteiger partial charge in [0.2, 0.25) is 0 Å². The third-order valence-corrected chi connectivity index (χ3v) is 8.07. The van der Waals surface area contributed by atoms with Crippen LogP contribution in [0.3, 0.4) is 0 Å². The molecule has 0 bridgehead atoms. The molecule has 2 aromatic rings. The van der Waals surface area contributed by atoms with E-state index in [1.807, 2.05) is 36.4 Å². The fourth-order valence-corrected chi connectivity index (χ4v) is 6.71. The molecular formula is C20H23NOSi. The SMILES string of the molecule is CN(C)CC1=C([Si](O)(c2ccccc2)c2ccccc2)CC=C1. The molecule has 1 aliphatic carbocycles. The molecule has 3 heteroatoms. The second-order valence-corrected chi connectivity index (χ2v) is 9.47. The van der Waals surface area contributed by atoms with Gasteiger partial charge in [-0.15, -0.1) is 0 Å². The molecule has 0 heterocycles. The quantitative estimate of drug-likeness (QED) is 0.853. The number of nitrogens with zero attached hydrogens (tertiary/aromatic N) is 1. The summed E-state index contributed by atoms with van der Waals surface area (Å²) >= 11 is 0. The summed E-state index contributed by atoms with van der Waals surface area (Å²) in [4.78, 5) is 14.1. The molecular weight excluding hydrogens is 298 g/mol. The number of benzene rings is 2. The average molecular weight is 321 g/mol. The Hall–Kier alpha value is -1.94. The van der Waals surface area contributed by atoms with Gasteiger partial charge in [-0.3, -0.25) is 0 Å². The topological polar surface area (TPSA) is 23.5 Å². The third-order valence-electron chi connectivity index (χ3n) is 4.34. The van der Waals surface area contributed by atoms with Crippen LogP contribution in [0.25, 0.3) is 0 Å². The first-order chi connectivity index (χ1) is 11.1. The number of hydrogen-bond acceptors (Lipinski definition) is 2. The maximum atomic E-state index is 12.0. The highest BCUT2D eigenvalue weighted by Gasteiger charge is 2.41. The molecule has 0 amide bonds. The molecule has 3 rings (SSSR count). The predicted molar refractivity (Wildman–Crippen MR) is 99.5 cm³/mol. The monoisotopic (exact) mass is 321 g/mol. The maximum absolute atomic E-state index is 12.0. The summed E-state index contributed by atoms with van der Waals surface area (Å²) < 4.78 is 0. The Kier molecular flexibility index (Phi) is 4.62. The van der Waals surface area contributed by atoms with Crippen molar-refractivity contribution in [2.45, 2.75) is 6.42 Å². The van der Waals surface area contributed by atoms with E-state index in [4.69, 9.17) is 0 Å². The van der Waals surface area contributed by atoms with Gasteiger partial charge in [0.05, 0.1) is 0 Å². The molecule has 1 aliphatic rings. The molecule has 2 nitrogen and oxygen atoms in total. The van der Waals surface area contributed by atoms with Crippen LogP contribution in [0.1, 0.15) is 6.42 Å². The highest BCUT2D eigenvalue weighted by atomic mass is 28.4. The standard InChI is InChI=1S/C20H23NOSi/c1-21(2)16-17-10-9-15-20(17)23(22,18-11-5-3-6-12-18)19-13-7-4-8-14-19/h3-14,22H,15-16H2,1-2H3. The van der Waals surface area contributed by atoms with E-state index in [1.165, 1.54) is 10.8 Å². The van der Waals surface area contributed by atoms with Gasteiger partial charge in [0.1, 0.15) is 0 Å². The zero-order chi connectivity index (χ0) is 16.3. The Morgan fingerprint density at radius 2 is 1.43 bits per heavy atom. The van der Waals surface area contributed by atoms with Gasteiger partial charge in [-0.2, -0.15) is 0 Å². The lowest BCUT2D eigenvalue weighted by molar-refractivity contribution is 0.448. The summed E-state index contributed by atoms with van der Waals surface area (Å²) in [5, 5.41) is 3.32. The van der Waals surface area contributed by atoms with E-state index in [-0.39, 0.29) is 0 Å².